The molecule has 9 heteroatoms. The third-order valence-corrected chi connectivity index (χ3v) is 5.86. The zero-order valence-electron chi connectivity index (χ0n) is 10.6. The molecule has 116 valence electrons. The van der Waals surface area contributed by atoms with Crippen molar-refractivity contribution in [3.8, 4) is 0 Å². The highest BCUT2D eigenvalue weighted by molar-refractivity contribution is 14.1. The number of hydrogen-bond donors (Lipinski definition) is 1. The van der Waals surface area contributed by atoms with Gasteiger partial charge in [-0.25, -0.2) is 8.42 Å². The van der Waals surface area contributed by atoms with E-state index in [4.69, 9.17) is 0 Å². The highest BCUT2D eigenvalue weighted by Gasteiger charge is 2.34. The van der Waals surface area contributed by atoms with E-state index < -0.39 is 33.4 Å². The molecule has 1 aliphatic rings. The predicted molar refractivity (Wildman–Crippen MR) is 79.6 cm³/mol. The molecule has 0 aromatic heterocycles. The Morgan fingerprint density at radius 2 is 2.00 bits per heavy atom. The maximum Gasteiger partial charge on any atom is 0.416 e. The van der Waals surface area contributed by atoms with E-state index in [0.29, 0.717) is 3.57 Å². The fourth-order valence-electron chi connectivity index (χ4n) is 2.03. The number of carbonyl (C=O) groups is 1. The Morgan fingerprint density at radius 1 is 1.33 bits per heavy atom. The molecule has 0 aliphatic carbocycles. The molecule has 1 amide bonds. The summed E-state index contributed by atoms with van der Waals surface area (Å²) in [5, 5.41) is 2.39. The highest BCUT2D eigenvalue weighted by Crippen LogP contribution is 2.33. The molecule has 2 rings (SSSR count). The van der Waals surface area contributed by atoms with Crippen molar-refractivity contribution in [2.75, 3.05) is 16.8 Å². The van der Waals surface area contributed by atoms with Gasteiger partial charge in [-0.1, -0.05) is 0 Å². The van der Waals surface area contributed by atoms with Crippen LogP contribution in [0, 0.1) is 9.49 Å². The molecule has 0 saturated carbocycles. The fourth-order valence-corrected chi connectivity index (χ4v) is 4.25. The second-order valence-electron chi connectivity index (χ2n) is 4.78. The first-order valence-corrected chi connectivity index (χ1v) is 8.86. The summed E-state index contributed by atoms with van der Waals surface area (Å²) >= 11 is 1.81. The van der Waals surface area contributed by atoms with Crippen molar-refractivity contribution in [2.24, 2.45) is 5.92 Å². The number of carbonyl (C=O) groups excluding carboxylic acids is 1. The average molecular weight is 433 g/mol. The average Bonchev–Trinajstić information content (AvgIpc) is 2.71. The molecule has 0 spiro atoms. The van der Waals surface area contributed by atoms with Gasteiger partial charge < -0.3 is 5.32 Å². The molecule has 1 unspecified atom stereocenters. The molecule has 1 aliphatic heterocycles. The SMILES string of the molecule is O=C(Nc1cc(C(F)(F)F)ccc1I)C1CCS(=O)(=O)C1. The maximum absolute atomic E-state index is 12.6. The van der Waals surface area contributed by atoms with Crippen LogP contribution in [0.1, 0.15) is 12.0 Å². The van der Waals surface area contributed by atoms with Gasteiger partial charge in [0.05, 0.1) is 28.7 Å². The van der Waals surface area contributed by atoms with Crippen molar-refractivity contribution < 1.29 is 26.4 Å². The number of rotatable bonds is 2. The topological polar surface area (TPSA) is 63.2 Å². The van der Waals surface area contributed by atoms with Crippen LogP contribution in [0.5, 0.6) is 0 Å². The van der Waals surface area contributed by atoms with E-state index in [1.165, 1.54) is 6.07 Å². The second kappa shape index (κ2) is 5.75. The van der Waals surface area contributed by atoms with Gasteiger partial charge in [0.1, 0.15) is 0 Å². The first-order chi connectivity index (χ1) is 9.58. The van der Waals surface area contributed by atoms with E-state index in [1.807, 2.05) is 22.6 Å². The molecule has 4 nitrogen and oxygen atoms in total. The lowest BCUT2D eigenvalue weighted by atomic mass is 10.1. The summed E-state index contributed by atoms with van der Waals surface area (Å²) in [6.07, 6.45) is -4.30. The molecular formula is C12H11F3INO3S. The molecule has 1 N–H and O–H groups in total. The Kier molecular flexibility index (Phi) is 4.52. The van der Waals surface area contributed by atoms with Gasteiger partial charge in [0.25, 0.3) is 0 Å². The van der Waals surface area contributed by atoms with Crippen LogP contribution in [-0.4, -0.2) is 25.8 Å². The summed E-state index contributed by atoms with van der Waals surface area (Å²) in [5.41, 5.74) is -0.822. The maximum atomic E-state index is 12.6. The molecule has 1 saturated heterocycles. The first-order valence-electron chi connectivity index (χ1n) is 5.96. The summed E-state index contributed by atoms with van der Waals surface area (Å²) in [6.45, 7) is 0. The van der Waals surface area contributed by atoms with E-state index >= 15 is 0 Å². The Morgan fingerprint density at radius 3 is 2.52 bits per heavy atom. The van der Waals surface area contributed by atoms with Crippen LogP contribution in [0.4, 0.5) is 18.9 Å². The van der Waals surface area contributed by atoms with Crippen molar-refractivity contribution in [3.63, 3.8) is 0 Å². The van der Waals surface area contributed by atoms with E-state index in [1.54, 1.807) is 0 Å². The third kappa shape index (κ3) is 4.09. The number of hydrogen-bond acceptors (Lipinski definition) is 3. The molecular weight excluding hydrogens is 422 g/mol. The summed E-state index contributed by atoms with van der Waals surface area (Å²) in [5.74, 6) is -1.59. The molecule has 0 bridgehead atoms. The van der Waals surface area contributed by atoms with Crippen molar-refractivity contribution >= 4 is 44.0 Å². The molecule has 1 heterocycles. The van der Waals surface area contributed by atoms with Crippen LogP contribution in [-0.2, 0) is 20.8 Å². The van der Waals surface area contributed by atoms with E-state index in [2.05, 4.69) is 5.32 Å². The number of nitrogens with one attached hydrogen (secondary N) is 1. The number of halogens is 4. The van der Waals surface area contributed by atoms with E-state index in [9.17, 15) is 26.4 Å². The lowest BCUT2D eigenvalue weighted by Crippen LogP contribution is -2.24. The van der Waals surface area contributed by atoms with Crippen molar-refractivity contribution in [1.82, 2.24) is 0 Å². The van der Waals surface area contributed by atoms with Crippen LogP contribution in [0.25, 0.3) is 0 Å². The number of sulfone groups is 1. The molecule has 1 atom stereocenters. The van der Waals surface area contributed by atoms with Gasteiger partial charge in [-0.05, 0) is 47.2 Å². The minimum absolute atomic E-state index is 0.0414. The monoisotopic (exact) mass is 433 g/mol. The third-order valence-electron chi connectivity index (χ3n) is 3.15. The van der Waals surface area contributed by atoms with E-state index in [-0.39, 0.29) is 23.6 Å². The number of anilines is 1. The number of alkyl halides is 3. The normalized spacial score (nSPS) is 21.2. The number of benzene rings is 1. The summed E-state index contributed by atoms with van der Waals surface area (Å²) in [6, 6.07) is 3.03. The van der Waals surface area contributed by atoms with Gasteiger partial charge in [0.2, 0.25) is 5.91 Å². The van der Waals surface area contributed by atoms with Crippen LogP contribution in [0.15, 0.2) is 18.2 Å². The van der Waals surface area contributed by atoms with Crippen LogP contribution in [0.3, 0.4) is 0 Å². The highest BCUT2D eigenvalue weighted by atomic mass is 127. The van der Waals surface area contributed by atoms with Crippen molar-refractivity contribution in [1.29, 1.82) is 0 Å². The molecule has 21 heavy (non-hydrogen) atoms. The fraction of sp³-hybridized carbons (Fsp3) is 0.417. The lowest BCUT2D eigenvalue weighted by molar-refractivity contribution is -0.137. The zero-order valence-corrected chi connectivity index (χ0v) is 13.5. The summed E-state index contributed by atoms with van der Waals surface area (Å²) in [7, 11) is -3.22. The van der Waals surface area contributed by atoms with Crippen LogP contribution < -0.4 is 5.32 Å². The minimum Gasteiger partial charge on any atom is -0.325 e. The molecule has 0 radical (unpaired) electrons. The van der Waals surface area contributed by atoms with Gasteiger partial charge in [0.15, 0.2) is 9.84 Å². The Bertz CT molecular complexity index is 673. The summed E-state index contributed by atoms with van der Waals surface area (Å²) < 4.78 is 61.0. The Balaban J connectivity index is 2.18. The van der Waals surface area contributed by atoms with Gasteiger partial charge >= 0.3 is 6.18 Å². The van der Waals surface area contributed by atoms with Gasteiger partial charge in [-0.2, -0.15) is 13.2 Å². The number of amides is 1. The van der Waals surface area contributed by atoms with Gasteiger partial charge in [-0.15, -0.1) is 0 Å². The quantitative estimate of drug-likeness (QED) is 0.730. The van der Waals surface area contributed by atoms with Crippen LogP contribution in [0.2, 0.25) is 0 Å². The standard InChI is InChI=1S/C12H11F3INO3S/c13-12(14,15)8-1-2-9(16)10(5-8)17-11(18)7-3-4-21(19,20)6-7/h1-2,5,7H,3-4,6H2,(H,17,18). The summed E-state index contributed by atoms with van der Waals surface area (Å²) in [4.78, 5) is 12.0. The van der Waals surface area contributed by atoms with Crippen molar-refractivity contribution in [2.45, 2.75) is 12.6 Å². The minimum atomic E-state index is -4.50. The molecule has 1 aromatic rings. The second-order valence-corrected chi connectivity index (χ2v) is 8.17. The smallest absolute Gasteiger partial charge is 0.325 e. The lowest BCUT2D eigenvalue weighted by Gasteiger charge is -2.13. The zero-order chi connectivity index (χ0) is 15.8. The van der Waals surface area contributed by atoms with Crippen LogP contribution >= 0.6 is 22.6 Å². The molecule has 1 aromatic carbocycles. The van der Waals surface area contributed by atoms with Gasteiger partial charge in [-0.3, -0.25) is 4.79 Å². The van der Waals surface area contributed by atoms with E-state index in [0.717, 1.165) is 12.1 Å². The largest absolute Gasteiger partial charge is 0.416 e. The van der Waals surface area contributed by atoms with Crippen molar-refractivity contribution in [3.05, 3.63) is 27.3 Å². The Hall–Kier alpha value is -0.840. The van der Waals surface area contributed by atoms with Gasteiger partial charge in [0, 0.05) is 3.57 Å². The Labute approximate surface area is 133 Å². The predicted octanol–water partition coefficient (Wildman–Crippen LogP) is 2.68. The molecule has 1 fully saturated rings. The first kappa shape index (κ1) is 16.5.